The summed E-state index contributed by atoms with van der Waals surface area (Å²) in [6.07, 6.45) is 3.18. The Morgan fingerprint density at radius 1 is 1.25 bits per heavy atom. The van der Waals surface area contributed by atoms with Crippen LogP contribution in [0.1, 0.15) is 18.4 Å². The van der Waals surface area contributed by atoms with Gasteiger partial charge < -0.3 is 4.90 Å². The first-order valence-electron chi connectivity index (χ1n) is 5.92. The lowest BCUT2D eigenvalue weighted by Crippen LogP contribution is -2.33. The van der Waals surface area contributed by atoms with Crippen LogP contribution in [-0.2, 0) is 11.2 Å². The number of amides is 1. The molecule has 1 atom stereocenters. The smallest absolute Gasteiger partial charge is 0.241 e. The molecule has 1 unspecified atom stereocenters. The SMILES string of the molecule is O=C1C(Cc2ccccc2)NCN1C1CC1. The monoisotopic (exact) mass is 216 g/mol. The van der Waals surface area contributed by atoms with Crippen molar-refractivity contribution in [2.75, 3.05) is 6.67 Å². The van der Waals surface area contributed by atoms with Crippen LogP contribution in [0.5, 0.6) is 0 Å². The quantitative estimate of drug-likeness (QED) is 0.822. The number of benzene rings is 1. The minimum absolute atomic E-state index is 0.0111. The molecule has 1 saturated carbocycles. The van der Waals surface area contributed by atoms with Crippen molar-refractivity contribution in [1.29, 1.82) is 0 Å². The minimum atomic E-state index is -0.0111. The summed E-state index contributed by atoms with van der Waals surface area (Å²) in [4.78, 5) is 14.0. The molecule has 0 spiro atoms. The van der Waals surface area contributed by atoms with E-state index in [0.29, 0.717) is 6.04 Å². The number of carbonyl (C=O) groups is 1. The van der Waals surface area contributed by atoms with Crippen molar-refractivity contribution in [3.8, 4) is 0 Å². The van der Waals surface area contributed by atoms with Crippen molar-refractivity contribution in [2.45, 2.75) is 31.3 Å². The first-order chi connectivity index (χ1) is 7.84. The van der Waals surface area contributed by atoms with Crippen molar-refractivity contribution in [3.63, 3.8) is 0 Å². The van der Waals surface area contributed by atoms with Crippen molar-refractivity contribution in [3.05, 3.63) is 35.9 Å². The highest BCUT2D eigenvalue weighted by molar-refractivity contribution is 5.84. The van der Waals surface area contributed by atoms with Gasteiger partial charge in [-0.05, 0) is 24.8 Å². The summed E-state index contributed by atoms with van der Waals surface area (Å²) >= 11 is 0. The molecule has 3 nitrogen and oxygen atoms in total. The lowest BCUT2D eigenvalue weighted by molar-refractivity contribution is -0.129. The van der Waals surface area contributed by atoms with Crippen LogP contribution in [0.25, 0.3) is 0 Å². The molecule has 3 heteroatoms. The van der Waals surface area contributed by atoms with Crippen LogP contribution in [0.4, 0.5) is 0 Å². The van der Waals surface area contributed by atoms with Gasteiger partial charge in [-0.15, -0.1) is 0 Å². The van der Waals surface area contributed by atoms with Crippen molar-refractivity contribution < 1.29 is 4.79 Å². The van der Waals surface area contributed by atoms with Gasteiger partial charge in [0, 0.05) is 6.04 Å². The normalized spacial score (nSPS) is 25.1. The van der Waals surface area contributed by atoms with Crippen LogP contribution in [0.2, 0.25) is 0 Å². The lowest BCUT2D eigenvalue weighted by Gasteiger charge is -2.13. The summed E-state index contributed by atoms with van der Waals surface area (Å²) in [5, 5.41) is 3.30. The molecule has 1 aromatic carbocycles. The molecule has 2 fully saturated rings. The van der Waals surface area contributed by atoms with Crippen LogP contribution in [-0.4, -0.2) is 29.6 Å². The molecule has 1 aromatic rings. The summed E-state index contributed by atoms with van der Waals surface area (Å²) in [5.41, 5.74) is 1.23. The van der Waals surface area contributed by atoms with E-state index in [0.717, 1.165) is 13.1 Å². The molecule has 0 bridgehead atoms. The van der Waals surface area contributed by atoms with Crippen molar-refractivity contribution >= 4 is 5.91 Å². The number of carbonyl (C=O) groups excluding carboxylic acids is 1. The molecule has 1 aliphatic heterocycles. The van der Waals surface area contributed by atoms with Crippen molar-refractivity contribution in [1.82, 2.24) is 10.2 Å². The Morgan fingerprint density at radius 2 is 2.00 bits per heavy atom. The van der Waals surface area contributed by atoms with Crippen molar-refractivity contribution in [2.24, 2.45) is 0 Å². The Bertz CT molecular complexity index is 386. The molecule has 1 saturated heterocycles. The highest BCUT2D eigenvalue weighted by atomic mass is 16.2. The third kappa shape index (κ3) is 1.83. The fraction of sp³-hybridized carbons (Fsp3) is 0.462. The molecule has 2 aliphatic rings. The van der Waals surface area contributed by atoms with Gasteiger partial charge in [-0.2, -0.15) is 0 Å². The van der Waals surface area contributed by atoms with E-state index >= 15 is 0 Å². The maximum absolute atomic E-state index is 12.1. The molecule has 1 N–H and O–H groups in total. The fourth-order valence-corrected chi connectivity index (χ4v) is 2.28. The first-order valence-corrected chi connectivity index (χ1v) is 5.92. The summed E-state index contributed by atoms with van der Waals surface area (Å²) in [5.74, 6) is 0.284. The van der Waals surface area contributed by atoms with Gasteiger partial charge in [-0.25, -0.2) is 0 Å². The summed E-state index contributed by atoms with van der Waals surface area (Å²) in [6.45, 7) is 0.737. The third-order valence-electron chi connectivity index (χ3n) is 3.36. The van der Waals surface area contributed by atoms with Crippen LogP contribution in [0.15, 0.2) is 30.3 Å². The van der Waals surface area contributed by atoms with E-state index in [1.165, 1.54) is 18.4 Å². The molecular weight excluding hydrogens is 200 g/mol. The van der Waals surface area contributed by atoms with E-state index in [2.05, 4.69) is 17.4 Å². The number of nitrogens with zero attached hydrogens (tertiary/aromatic N) is 1. The zero-order valence-electron chi connectivity index (χ0n) is 9.23. The predicted molar refractivity (Wildman–Crippen MR) is 61.8 cm³/mol. The van der Waals surface area contributed by atoms with E-state index in [-0.39, 0.29) is 11.9 Å². The summed E-state index contributed by atoms with van der Waals surface area (Å²) < 4.78 is 0. The Balaban J connectivity index is 1.66. The second-order valence-electron chi connectivity index (χ2n) is 4.64. The van der Waals surface area contributed by atoms with Gasteiger partial charge in [-0.1, -0.05) is 30.3 Å². The lowest BCUT2D eigenvalue weighted by atomic mass is 10.1. The van der Waals surface area contributed by atoms with Gasteiger partial charge in [0.05, 0.1) is 12.7 Å². The van der Waals surface area contributed by atoms with Crippen LogP contribution >= 0.6 is 0 Å². The van der Waals surface area contributed by atoms with Gasteiger partial charge in [0.1, 0.15) is 0 Å². The Hall–Kier alpha value is -1.35. The Labute approximate surface area is 95.4 Å². The fourth-order valence-electron chi connectivity index (χ4n) is 2.28. The van der Waals surface area contributed by atoms with Crippen LogP contribution in [0, 0.1) is 0 Å². The van der Waals surface area contributed by atoms with E-state index < -0.39 is 0 Å². The van der Waals surface area contributed by atoms with Gasteiger partial charge in [0.25, 0.3) is 0 Å². The second-order valence-corrected chi connectivity index (χ2v) is 4.64. The Kier molecular flexibility index (Phi) is 2.40. The zero-order valence-corrected chi connectivity index (χ0v) is 9.23. The molecule has 0 radical (unpaired) electrons. The van der Waals surface area contributed by atoms with E-state index in [9.17, 15) is 4.79 Å². The standard InChI is InChI=1S/C13H16N2O/c16-13-12(8-10-4-2-1-3-5-10)14-9-15(13)11-6-7-11/h1-5,11-12,14H,6-9H2. The average molecular weight is 216 g/mol. The third-order valence-corrected chi connectivity index (χ3v) is 3.36. The van der Waals surface area contributed by atoms with Gasteiger partial charge in [-0.3, -0.25) is 10.1 Å². The number of hydrogen-bond donors (Lipinski definition) is 1. The molecule has 1 aliphatic carbocycles. The van der Waals surface area contributed by atoms with Crippen LogP contribution in [0.3, 0.4) is 0 Å². The van der Waals surface area contributed by atoms with E-state index in [1.807, 2.05) is 23.1 Å². The molecule has 1 heterocycles. The maximum atomic E-state index is 12.1. The summed E-state index contributed by atoms with van der Waals surface area (Å²) in [7, 11) is 0. The Morgan fingerprint density at radius 3 is 2.69 bits per heavy atom. The molecule has 84 valence electrons. The molecule has 0 aromatic heterocycles. The van der Waals surface area contributed by atoms with Gasteiger partial charge in [0.2, 0.25) is 5.91 Å². The van der Waals surface area contributed by atoms with Gasteiger partial charge >= 0.3 is 0 Å². The summed E-state index contributed by atoms with van der Waals surface area (Å²) in [6, 6.07) is 10.7. The maximum Gasteiger partial charge on any atom is 0.241 e. The first kappa shape index (κ1) is 9.85. The largest absolute Gasteiger partial charge is 0.326 e. The second kappa shape index (κ2) is 3.91. The number of rotatable bonds is 3. The number of nitrogens with one attached hydrogen (secondary N) is 1. The van der Waals surface area contributed by atoms with E-state index in [1.54, 1.807) is 0 Å². The minimum Gasteiger partial charge on any atom is -0.326 e. The topological polar surface area (TPSA) is 32.3 Å². The van der Waals surface area contributed by atoms with E-state index in [4.69, 9.17) is 0 Å². The molecule has 16 heavy (non-hydrogen) atoms. The van der Waals surface area contributed by atoms with Gasteiger partial charge in [0.15, 0.2) is 0 Å². The van der Waals surface area contributed by atoms with Crippen LogP contribution < -0.4 is 5.32 Å². The number of hydrogen-bond acceptors (Lipinski definition) is 2. The molecule has 3 rings (SSSR count). The predicted octanol–water partition coefficient (Wildman–Crippen LogP) is 1.15. The average Bonchev–Trinajstić information content (AvgIpc) is 3.08. The molecular formula is C13H16N2O. The highest BCUT2D eigenvalue weighted by Crippen LogP contribution is 2.29. The zero-order chi connectivity index (χ0) is 11.0. The highest BCUT2D eigenvalue weighted by Gasteiger charge is 2.39. The molecule has 1 amide bonds.